The number of ether oxygens (including phenoxy) is 2. The molecule has 0 bridgehead atoms. The van der Waals surface area contributed by atoms with Crippen molar-refractivity contribution in [3.8, 4) is 5.75 Å². The smallest absolute Gasteiger partial charge is 0.357 e. The maximum absolute atomic E-state index is 11.9. The van der Waals surface area contributed by atoms with E-state index in [1.54, 1.807) is 0 Å². The van der Waals surface area contributed by atoms with Gasteiger partial charge in [0, 0.05) is 0 Å². The lowest BCUT2D eigenvalue weighted by atomic mass is 9.98. The predicted octanol–water partition coefficient (Wildman–Crippen LogP) is -2.33. The van der Waals surface area contributed by atoms with Crippen molar-refractivity contribution in [2.45, 2.75) is 30.4 Å². The van der Waals surface area contributed by atoms with Gasteiger partial charge in [0.15, 0.2) is 6.10 Å². The number of aliphatic hydroxyl groups is 5. The van der Waals surface area contributed by atoms with E-state index in [4.69, 9.17) is 9.84 Å². The molecule has 0 amide bonds. The molecule has 0 aliphatic carbocycles. The molecule has 9 heteroatoms. The van der Waals surface area contributed by atoms with Gasteiger partial charge in [-0.25, -0.2) is 4.79 Å². The molecule has 5 atom stereocenters. The quantitative estimate of drug-likeness (QED) is 0.266. The highest BCUT2D eigenvalue weighted by atomic mass is 16.8. The topological polar surface area (TPSA) is 157 Å². The maximum atomic E-state index is 11.9. The van der Waals surface area contributed by atoms with Crippen LogP contribution in [0.5, 0.6) is 5.75 Å². The van der Waals surface area contributed by atoms with Crippen LogP contribution in [0.1, 0.15) is 10.4 Å². The van der Waals surface area contributed by atoms with Gasteiger partial charge in [-0.2, -0.15) is 0 Å². The molecule has 0 spiro atoms. The molecule has 2 rings (SSSR count). The maximum Gasteiger partial charge on any atom is 0.357 e. The lowest BCUT2D eigenvalue weighted by molar-refractivity contribution is -0.430. The van der Waals surface area contributed by atoms with Crippen LogP contribution in [0.25, 0.3) is 0 Å². The molecule has 1 heterocycles. The Morgan fingerprint density at radius 3 is 2.45 bits per heavy atom. The van der Waals surface area contributed by atoms with Crippen molar-refractivity contribution in [2.24, 2.45) is 0 Å². The molecule has 0 aromatic heterocycles. The fourth-order valence-corrected chi connectivity index (χ4v) is 2.04. The zero-order valence-corrected chi connectivity index (χ0v) is 11.2. The molecule has 0 saturated carbocycles. The zero-order chi connectivity index (χ0) is 16.5. The number of rotatable bonds is 3. The van der Waals surface area contributed by atoms with E-state index in [2.05, 4.69) is 4.74 Å². The Kier molecular flexibility index (Phi) is 4.66. The number of carbonyl (C=O) groups is 1. The minimum absolute atomic E-state index is 0.312. The highest BCUT2D eigenvalue weighted by molar-refractivity contribution is 5.92. The average Bonchev–Trinajstić information content (AvgIpc) is 2.49. The first kappa shape index (κ1) is 16.6. The van der Waals surface area contributed by atoms with Crippen LogP contribution in [0.3, 0.4) is 0 Å². The summed E-state index contributed by atoms with van der Waals surface area (Å²) < 4.78 is 9.38. The van der Waals surface area contributed by atoms with Crippen molar-refractivity contribution in [1.82, 2.24) is 0 Å². The van der Waals surface area contributed by atoms with Crippen molar-refractivity contribution in [3.05, 3.63) is 29.8 Å². The fourth-order valence-electron chi connectivity index (χ4n) is 2.04. The van der Waals surface area contributed by atoms with Crippen LogP contribution in [0.15, 0.2) is 24.3 Å². The van der Waals surface area contributed by atoms with E-state index in [9.17, 15) is 30.3 Å². The van der Waals surface area contributed by atoms with Gasteiger partial charge in [-0.1, -0.05) is 12.1 Å². The number of phenolic OH excluding ortho intramolecular Hbond substituents is 1. The van der Waals surface area contributed by atoms with Gasteiger partial charge < -0.3 is 40.1 Å². The van der Waals surface area contributed by atoms with Crippen molar-refractivity contribution in [2.75, 3.05) is 6.61 Å². The number of aliphatic hydroxyl groups excluding tert-OH is 4. The van der Waals surface area contributed by atoms with Crippen LogP contribution in [0, 0.1) is 0 Å². The summed E-state index contributed by atoms with van der Waals surface area (Å²) in [5.74, 6) is -4.66. The Balaban J connectivity index is 2.23. The summed E-state index contributed by atoms with van der Waals surface area (Å²) in [7, 11) is 0. The predicted molar refractivity (Wildman–Crippen MR) is 68.5 cm³/mol. The Morgan fingerprint density at radius 1 is 1.23 bits per heavy atom. The monoisotopic (exact) mass is 316 g/mol. The first-order valence-corrected chi connectivity index (χ1v) is 6.36. The summed E-state index contributed by atoms with van der Waals surface area (Å²) in [5.41, 5.74) is -0.312. The third-order valence-electron chi connectivity index (χ3n) is 3.29. The van der Waals surface area contributed by atoms with E-state index in [1.165, 1.54) is 24.3 Å². The Hall–Kier alpha value is -1.75. The summed E-state index contributed by atoms with van der Waals surface area (Å²) in [6.45, 7) is -0.804. The van der Waals surface area contributed by atoms with E-state index in [-0.39, 0.29) is 5.56 Å². The van der Waals surface area contributed by atoms with E-state index in [0.29, 0.717) is 0 Å². The van der Waals surface area contributed by atoms with E-state index >= 15 is 0 Å². The SMILES string of the molecule is O=C(OC1(O)O[C@H](CO)[C@@H](O)[C@H](O)[C@H]1O)c1ccccc1O. The number of esters is 1. The molecule has 0 radical (unpaired) electrons. The standard InChI is InChI=1S/C13H16O9/c14-5-8-9(16)10(17)11(18)13(20,21-8)22-12(19)6-3-1-2-4-7(6)15/h1-4,8-11,14-18,20H,5H2/t8-,9-,10+,11-,13?/m1/s1. The van der Waals surface area contributed by atoms with Crippen LogP contribution in [0.4, 0.5) is 0 Å². The second-order valence-corrected chi connectivity index (χ2v) is 4.80. The van der Waals surface area contributed by atoms with Crippen LogP contribution >= 0.6 is 0 Å². The van der Waals surface area contributed by atoms with Gasteiger partial charge in [-0.3, -0.25) is 0 Å². The van der Waals surface area contributed by atoms with Crippen LogP contribution in [0.2, 0.25) is 0 Å². The largest absolute Gasteiger partial charge is 0.507 e. The third-order valence-corrected chi connectivity index (χ3v) is 3.29. The van der Waals surface area contributed by atoms with Gasteiger partial charge in [-0.05, 0) is 12.1 Å². The van der Waals surface area contributed by atoms with Gasteiger partial charge in [0.2, 0.25) is 0 Å². The van der Waals surface area contributed by atoms with E-state index in [1.807, 2.05) is 0 Å². The lowest BCUT2D eigenvalue weighted by Crippen LogP contribution is -2.66. The average molecular weight is 316 g/mol. The van der Waals surface area contributed by atoms with Crippen LogP contribution < -0.4 is 0 Å². The normalized spacial score (nSPS) is 35.1. The summed E-state index contributed by atoms with van der Waals surface area (Å²) in [6.07, 6.45) is -7.28. The van der Waals surface area contributed by atoms with Crippen molar-refractivity contribution < 1.29 is 44.9 Å². The summed E-state index contributed by atoms with van der Waals surface area (Å²) in [4.78, 5) is 11.9. The number of phenols is 1. The number of carbonyl (C=O) groups excluding carboxylic acids is 1. The molecule has 1 unspecified atom stereocenters. The lowest BCUT2D eigenvalue weighted by Gasteiger charge is -2.43. The molecule has 1 aromatic carbocycles. The van der Waals surface area contributed by atoms with Gasteiger partial charge in [0.1, 0.15) is 29.6 Å². The molecule has 1 aliphatic heterocycles. The van der Waals surface area contributed by atoms with Gasteiger partial charge in [-0.15, -0.1) is 0 Å². The zero-order valence-electron chi connectivity index (χ0n) is 11.2. The minimum Gasteiger partial charge on any atom is -0.507 e. The number of hydrogen-bond acceptors (Lipinski definition) is 9. The Bertz CT molecular complexity index is 546. The molecule has 6 N–H and O–H groups in total. The van der Waals surface area contributed by atoms with Gasteiger partial charge >= 0.3 is 11.9 Å². The summed E-state index contributed by atoms with van der Waals surface area (Å²) in [5, 5.41) is 57.6. The van der Waals surface area contributed by atoms with Crippen LogP contribution in [-0.2, 0) is 9.47 Å². The fraction of sp³-hybridized carbons (Fsp3) is 0.462. The van der Waals surface area contributed by atoms with Gasteiger partial charge in [0.05, 0.1) is 6.61 Å². The molecule has 9 nitrogen and oxygen atoms in total. The number of para-hydroxylation sites is 1. The molecule has 1 saturated heterocycles. The molecule has 1 aromatic rings. The van der Waals surface area contributed by atoms with Crippen molar-refractivity contribution in [3.63, 3.8) is 0 Å². The van der Waals surface area contributed by atoms with Gasteiger partial charge in [0.25, 0.3) is 0 Å². The van der Waals surface area contributed by atoms with E-state index < -0.39 is 48.7 Å². The molecule has 1 fully saturated rings. The highest BCUT2D eigenvalue weighted by Crippen LogP contribution is 2.30. The molecular weight excluding hydrogens is 300 g/mol. The Labute approximate surface area is 124 Å². The summed E-state index contributed by atoms with van der Waals surface area (Å²) in [6, 6.07) is 5.28. The second-order valence-electron chi connectivity index (χ2n) is 4.80. The van der Waals surface area contributed by atoms with Crippen molar-refractivity contribution in [1.29, 1.82) is 0 Å². The Morgan fingerprint density at radius 2 is 1.86 bits per heavy atom. The van der Waals surface area contributed by atoms with Crippen molar-refractivity contribution >= 4 is 5.97 Å². The molecular formula is C13H16O9. The van der Waals surface area contributed by atoms with Crippen LogP contribution in [-0.4, -0.2) is 73.6 Å². The first-order valence-electron chi connectivity index (χ1n) is 6.36. The third kappa shape index (κ3) is 2.90. The summed E-state index contributed by atoms with van der Waals surface area (Å²) >= 11 is 0. The molecule has 22 heavy (non-hydrogen) atoms. The minimum atomic E-state index is -2.99. The highest BCUT2D eigenvalue weighted by Gasteiger charge is 2.56. The first-order chi connectivity index (χ1) is 10.3. The second kappa shape index (κ2) is 6.16. The number of hydrogen-bond donors (Lipinski definition) is 6. The number of benzene rings is 1. The molecule has 122 valence electrons. The number of aromatic hydroxyl groups is 1. The molecule has 1 aliphatic rings. The van der Waals surface area contributed by atoms with E-state index in [0.717, 1.165) is 0 Å².